The van der Waals surface area contributed by atoms with Crippen LogP contribution >= 0.6 is 0 Å². The van der Waals surface area contributed by atoms with Gasteiger partial charge in [0.15, 0.2) is 0 Å². The third kappa shape index (κ3) is 4.01. The summed E-state index contributed by atoms with van der Waals surface area (Å²) < 4.78 is 0. The van der Waals surface area contributed by atoms with Crippen molar-refractivity contribution in [2.24, 2.45) is 0 Å². The normalized spacial score (nSPS) is 15.2. The highest BCUT2D eigenvalue weighted by Gasteiger charge is 2.32. The Balaban J connectivity index is 1.55. The molecule has 1 aliphatic rings. The van der Waals surface area contributed by atoms with Gasteiger partial charge in [0.2, 0.25) is 0 Å². The molecule has 0 bridgehead atoms. The lowest BCUT2D eigenvalue weighted by atomic mass is 9.94. The van der Waals surface area contributed by atoms with Crippen molar-refractivity contribution in [2.75, 3.05) is 13.1 Å². The molecule has 1 amide bonds. The molecule has 24 heavy (non-hydrogen) atoms. The Morgan fingerprint density at radius 3 is 2.50 bits per heavy atom. The number of rotatable bonds is 5. The summed E-state index contributed by atoms with van der Waals surface area (Å²) in [5.74, 6) is 0.428. The van der Waals surface area contributed by atoms with E-state index in [-0.39, 0.29) is 5.91 Å². The molecule has 1 N–H and O–H groups in total. The summed E-state index contributed by atoms with van der Waals surface area (Å²) in [6.07, 6.45) is 3.31. The van der Waals surface area contributed by atoms with Gasteiger partial charge < -0.3 is 10.0 Å². The molecule has 1 aliphatic heterocycles. The van der Waals surface area contributed by atoms with E-state index in [9.17, 15) is 9.90 Å². The predicted molar refractivity (Wildman–Crippen MR) is 93.9 cm³/mol. The summed E-state index contributed by atoms with van der Waals surface area (Å²) in [5, 5.41) is 9.79. The first-order valence-electron chi connectivity index (χ1n) is 8.44. The van der Waals surface area contributed by atoms with Crippen LogP contribution in [-0.4, -0.2) is 39.6 Å². The van der Waals surface area contributed by atoms with Gasteiger partial charge in [-0.1, -0.05) is 18.2 Å². The molecule has 4 heteroatoms. The Bertz CT molecular complexity index is 684. The van der Waals surface area contributed by atoms with Crippen molar-refractivity contribution >= 4 is 5.91 Å². The molecule has 4 nitrogen and oxygen atoms in total. The quantitative estimate of drug-likeness (QED) is 0.920. The number of benzene rings is 1. The Hall–Kier alpha value is -2.20. The van der Waals surface area contributed by atoms with Gasteiger partial charge in [-0.05, 0) is 56.5 Å². The predicted octanol–water partition coefficient (Wildman–Crippen LogP) is 3.02. The number of aliphatic hydroxyl groups is 1. The van der Waals surface area contributed by atoms with Crippen molar-refractivity contribution in [1.82, 2.24) is 9.88 Å². The Morgan fingerprint density at radius 1 is 1.21 bits per heavy atom. The van der Waals surface area contributed by atoms with Crippen LogP contribution in [0.2, 0.25) is 0 Å². The maximum Gasteiger partial charge on any atom is 0.253 e. The number of hydrogen-bond donors (Lipinski definition) is 1. The first kappa shape index (κ1) is 16.7. The van der Waals surface area contributed by atoms with Gasteiger partial charge >= 0.3 is 0 Å². The minimum absolute atomic E-state index is 0.0798. The molecule has 1 aromatic carbocycles. The number of hydrogen-bond acceptors (Lipinski definition) is 3. The molecule has 2 aromatic rings. The second kappa shape index (κ2) is 6.73. The Kier molecular flexibility index (Phi) is 4.67. The Morgan fingerprint density at radius 2 is 1.92 bits per heavy atom. The van der Waals surface area contributed by atoms with Crippen LogP contribution in [0, 0.1) is 0 Å². The van der Waals surface area contributed by atoms with Crippen LogP contribution in [0.25, 0.3) is 0 Å². The maximum atomic E-state index is 12.5. The molecule has 0 spiro atoms. The zero-order chi connectivity index (χ0) is 17.2. The van der Waals surface area contributed by atoms with Crippen LogP contribution in [-0.2, 0) is 6.42 Å². The number of carbonyl (C=O) groups excluding carboxylic acids is 1. The van der Waals surface area contributed by atoms with Crippen LogP contribution in [0.15, 0.2) is 48.7 Å². The van der Waals surface area contributed by atoms with Gasteiger partial charge in [-0.15, -0.1) is 0 Å². The number of likely N-dealkylation sites (tertiary alicyclic amines) is 1. The van der Waals surface area contributed by atoms with Crippen LogP contribution in [0.4, 0.5) is 0 Å². The number of amides is 1. The molecule has 1 saturated heterocycles. The fourth-order valence-corrected chi connectivity index (χ4v) is 2.90. The van der Waals surface area contributed by atoms with E-state index in [0.717, 1.165) is 36.3 Å². The fraction of sp³-hybridized carbons (Fsp3) is 0.400. The van der Waals surface area contributed by atoms with E-state index in [2.05, 4.69) is 4.98 Å². The summed E-state index contributed by atoms with van der Waals surface area (Å²) in [4.78, 5) is 18.7. The maximum absolute atomic E-state index is 12.5. The first-order chi connectivity index (χ1) is 11.4. The highest BCUT2D eigenvalue weighted by molar-refractivity contribution is 5.94. The van der Waals surface area contributed by atoms with Gasteiger partial charge in [0, 0.05) is 36.5 Å². The third-order valence-electron chi connectivity index (χ3n) is 4.50. The average Bonchev–Trinajstić information content (AvgIpc) is 2.52. The minimum Gasteiger partial charge on any atom is -0.390 e. The number of carbonyl (C=O) groups is 1. The van der Waals surface area contributed by atoms with Gasteiger partial charge in [-0.25, -0.2) is 0 Å². The van der Waals surface area contributed by atoms with E-state index in [4.69, 9.17) is 0 Å². The van der Waals surface area contributed by atoms with Crippen LogP contribution in [0.5, 0.6) is 0 Å². The molecule has 0 saturated carbocycles. The van der Waals surface area contributed by atoms with E-state index in [1.165, 1.54) is 0 Å². The highest BCUT2D eigenvalue weighted by Crippen LogP contribution is 2.27. The van der Waals surface area contributed by atoms with E-state index in [1.807, 2.05) is 61.2 Å². The third-order valence-corrected chi connectivity index (χ3v) is 4.50. The monoisotopic (exact) mass is 324 g/mol. The molecule has 0 radical (unpaired) electrons. The van der Waals surface area contributed by atoms with Crippen molar-refractivity contribution < 1.29 is 9.90 Å². The van der Waals surface area contributed by atoms with E-state index in [1.54, 1.807) is 6.20 Å². The second-order valence-corrected chi connectivity index (χ2v) is 7.17. The van der Waals surface area contributed by atoms with Gasteiger partial charge in [0.25, 0.3) is 5.91 Å². The summed E-state index contributed by atoms with van der Waals surface area (Å²) in [5.41, 5.74) is 2.26. The van der Waals surface area contributed by atoms with E-state index < -0.39 is 5.60 Å². The topological polar surface area (TPSA) is 53.4 Å². The first-order valence-corrected chi connectivity index (χ1v) is 8.44. The zero-order valence-electron chi connectivity index (χ0n) is 14.3. The molecule has 0 unspecified atom stereocenters. The van der Waals surface area contributed by atoms with Crippen molar-refractivity contribution in [1.29, 1.82) is 0 Å². The summed E-state index contributed by atoms with van der Waals surface area (Å²) >= 11 is 0. The van der Waals surface area contributed by atoms with Crippen LogP contribution < -0.4 is 0 Å². The van der Waals surface area contributed by atoms with E-state index in [0.29, 0.717) is 12.3 Å². The molecule has 0 aliphatic carbocycles. The molecule has 1 fully saturated rings. The molecular weight excluding hydrogens is 300 g/mol. The highest BCUT2D eigenvalue weighted by atomic mass is 16.3. The SMILES string of the molecule is CC(C)(O)CCc1ccc(C(=O)N2CC(c3ccccn3)C2)cc1. The molecule has 126 valence electrons. The van der Waals surface area contributed by atoms with Crippen LogP contribution in [0.1, 0.15) is 47.8 Å². The van der Waals surface area contributed by atoms with Gasteiger partial charge in [0.05, 0.1) is 5.60 Å². The van der Waals surface area contributed by atoms with Crippen LogP contribution in [0.3, 0.4) is 0 Å². The average molecular weight is 324 g/mol. The van der Waals surface area contributed by atoms with Crippen molar-refractivity contribution in [2.45, 2.75) is 38.2 Å². The number of aromatic nitrogens is 1. The molecule has 2 heterocycles. The van der Waals surface area contributed by atoms with Crippen molar-refractivity contribution in [3.05, 3.63) is 65.5 Å². The summed E-state index contributed by atoms with van der Waals surface area (Å²) in [6.45, 7) is 5.09. The lowest BCUT2D eigenvalue weighted by molar-refractivity contribution is 0.0598. The standard InChI is InChI=1S/C20H24N2O2/c1-20(2,24)11-10-15-6-8-16(9-7-15)19(23)22-13-17(14-22)18-5-3-4-12-21-18/h3-9,12,17,24H,10-11,13-14H2,1-2H3. The smallest absolute Gasteiger partial charge is 0.253 e. The van der Waals surface area contributed by atoms with E-state index >= 15 is 0 Å². The second-order valence-electron chi connectivity index (χ2n) is 7.17. The van der Waals surface area contributed by atoms with Crippen molar-refractivity contribution in [3.8, 4) is 0 Å². The largest absolute Gasteiger partial charge is 0.390 e. The molecular formula is C20H24N2O2. The lowest BCUT2D eigenvalue weighted by Gasteiger charge is -2.39. The number of nitrogens with zero attached hydrogens (tertiary/aromatic N) is 2. The molecule has 0 atom stereocenters. The van der Waals surface area contributed by atoms with Gasteiger partial charge in [-0.3, -0.25) is 9.78 Å². The summed E-state index contributed by atoms with van der Waals surface area (Å²) in [6, 6.07) is 13.6. The number of pyridine rings is 1. The molecule has 1 aromatic heterocycles. The van der Waals surface area contributed by atoms with Gasteiger partial charge in [-0.2, -0.15) is 0 Å². The van der Waals surface area contributed by atoms with Gasteiger partial charge in [0.1, 0.15) is 0 Å². The minimum atomic E-state index is -0.660. The zero-order valence-corrected chi connectivity index (χ0v) is 14.3. The lowest BCUT2D eigenvalue weighted by Crippen LogP contribution is -2.48. The molecule has 3 rings (SSSR count). The number of aryl methyl sites for hydroxylation is 1. The summed E-state index contributed by atoms with van der Waals surface area (Å²) in [7, 11) is 0. The van der Waals surface area contributed by atoms with Crippen molar-refractivity contribution in [3.63, 3.8) is 0 Å². The Labute approximate surface area is 143 Å². The fourth-order valence-electron chi connectivity index (χ4n) is 2.90.